The summed E-state index contributed by atoms with van der Waals surface area (Å²) in [4.78, 5) is 21.3. The van der Waals surface area contributed by atoms with E-state index in [2.05, 4.69) is 9.97 Å². The third-order valence-electron chi connectivity index (χ3n) is 3.45. The number of carbonyl (C=O) groups excluding carboxylic acids is 1. The van der Waals surface area contributed by atoms with Gasteiger partial charge >= 0.3 is 0 Å². The Hall–Kier alpha value is -2.54. The number of halogens is 1. The quantitative estimate of drug-likeness (QED) is 0.643. The van der Waals surface area contributed by atoms with Crippen molar-refractivity contribution in [3.63, 3.8) is 0 Å². The van der Waals surface area contributed by atoms with Crippen molar-refractivity contribution in [2.75, 3.05) is 11.4 Å². The molecule has 0 saturated carbocycles. The molecule has 0 fully saturated rings. The van der Waals surface area contributed by atoms with Crippen LogP contribution in [0.15, 0.2) is 30.6 Å². The molecule has 2 aromatic rings. The fourth-order valence-electron chi connectivity index (χ4n) is 2.40. The van der Waals surface area contributed by atoms with E-state index in [0.717, 1.165) is 23.7 Å². The summed E-state index contributed by atoms with van der Waals surface area (Å²) >= 11 is 0. The summed E-state index contributed by atoms with van der Waals surface area (Å²) in [6, 6.07) is 4.87. The van der Waals surface area contributed by atoms with E-state index >= 15 is 0 Å². The second kappa shape index (κ2) is 5.45. The lowest BCUT2D eigenvalue weighted by Gasteiger charge is -2.29. The number of pyridine rings is 2. The second-order valence-electron chi connectivity index (χ2n) is 4.75. The Labute approximate surface area is 120 Å². The van der Waals surface area contributed by atoms with E-state index in [9.17, 15) is 9.18 Å². The average molecular weight is 288 g/mol. The molecule has 0 aliphatic carbocycles. The standard InChI is InChI=1S/C14H13FN4O2/c15-11-6-10(14(20)18-21)7-17-13(11)19-5-3-12-9(8-19)2-1-4-16-12/h1-2,4,6-7,21H,3,5,8H2,(H,18,20). The Bertz CT molecular complexity index is 692. The van der Waals surface area contributed by atoms with Crippen molar-refractivity contribution < 1.29 is 14.4 Å². The van der Waals surface area contributed by atoms with E-state index in [-0.39, 0.29) is 11.4 Å². The summed E-state index contributed by atoms with van der Waals surface area (Å²) in [5.41, 5.74) is 3.49. The highest BCUT2D eigenvalue weighted by molar-refractivity contribution is 5.93. The molecule has 0 aromatic carbocycles. The van der Waals surface area contributed by atoms with Gasteiger partial charge in [-0.2, -0.15) is 0 Å². The molecule has 6 nitrogen and oxygen atoms in total. The van der Waals surface area contributed by atoms with Gasteiger partial charge in [0.2, 0.25) is 0 Å². The maximum atomic E-state index is 14.1. The molecule has 0 atom stereocenters. The predicted molar refractivity (Wildman–Crippen MR) is 72.4 cm³/mol. The highest BCUT2D eigenvalue weighted by Crippen LogP contribution is 2.24. The zero-order chi connectivity index (χ0) is 14.8. The predicted octanol–water partition coefficient (Wildman–Crippen LogP) is 1.30. The fraction of sp³-hybridized carbons (Fsp3) is 0.214. The number of rotatable bonds is 2. The lowest BCUT2D eigenvalue weighted by Crippen LogP contribution is -2.32. The van der Waals surface area contributed by atoms with Gasteiger partial charge in [-0.05, 0) is 17.7 Å². The van der Waals surface area contributed by atoms with Crippen LogP contribution >= 0.6 is 0 Å². The topological polar surface area (TPSA) is 78.3 Å². The minimum absolute atomic E-state index is 0.0298. The van der Waals surface area contributed by atoms with Gasteiger partial charge in [-0.25, -0.2) is 14.9 Å². The molecule has 0 bridgehead atoms. The largest absolute Gasteiger partial charge is 0.349 e. The van der Waals surface area contributed by atoms with Crippen LogP contribution in [0.4, 0.5) is 10.2 Å². The van der Waals surface area contributed by atoms with Crippen molar-refractivity contribution in [2.45, 2.75) is 13.0 Å². The summed E-state index contributed by atoms with van der Waals surface area (Å²) < 4.78 is 14.1. The van der Waals surface area contributed by atoms with Crippen molar-refractivity contribution >= 4 is 11.7 Å². The number of aromatic nitrogens is 2. The first-order chi connectivity index (χ1) is 10.2. The van der Waals surface area contributed by atoms with Crippen LogP contribution in [0.1, 0.15) is 21.6 Å². The summed E-state index contributed by atoms with van der Waals surface area (Å²) in [5, 5.41) is 8.54. The molecule has 0 spiro atoms. The Morgan fingerprint density at radius 2 is 2.29 bits per heavy atom. The Morgan fingerprint density at radius 3 is 3.05 bits per heavy atom. The van der Waals surface area contributed by atoms with Crippen LogP contribution in [-0.4, -0.2) is 27.6 Å². The summed E-state index contributed by atoms with van der Waals surface area (Å²) in [5.74, 6) is -1.19. The number of amides is 1. The van der Waals surface area contributed by atoms with Crippen molar-refractivity contribution in [3.8, 4) is 0 Å². The molecule has 7 heteroatoms. The van der Waals surface area contributed by atoms with E-state index < -0.39 is 11.7 Å². The smallest absolute Gasteiger partial charge is 0.276 e. The van der Waals surface area contributed by atoms with Crippen molar-refractivity contribution in [2.24, 2.45) is 0 Å². The molecular weight excluding hydrogens is 275 g/mol. The van der Waals surface area contributed by atoms with E-state index in [4.69, 9.17) is 5.21 Å². The molecule has 21 heavy (non-hydrogen) atoms. The number of carbonyl (C=O) groups is 1. The highest BCUT2D eigenvalue weighted by atomic mass is 19.1. The molecule has 1 aliphatic rings. The Kier molecular flexibility index (Phi) is 3.49. The minimum atomic E-state index is -0.791. The molecule has 0 unspecified atom stereocenters. The summed E-state index contributed by atoms with van der Waals surface area (Å²) in [6.45, 7) is 1.14. The van der Waals surface area contributed by atoms with Crippen LogP contribution in [0.25, 0.3) is 0 Å². The Morgan fingerprint density at radius 1 is 1.43 bits per heavy atom. The van der Waals surface area contributed by atoms with Gasteiger partial charge in [0.15, 0.2) is 11.6 Å². The Balaban J connectivity index is 1.87. The zero-order valence-corrected chi connectivity index (χ0v) is 11.1. The van der Waals surface area contributed by atoms with Gasteiger partial charge < -0.3 is 4.90 Å². The van der Waals surface area contributed by atoms with Crippen molar-refractivity contribution in [1.29, 1.82) is 0 Å². The summed E-state index contributed by atoms with van der Waals surface area (Å²) in [6.07, 6.45) is 3.70. The van der Waals surface area contributed by atoms with Crippen LogP contribution < -0.4 is 10.4 Å². The van der Waals surface area contributed by atoms with Gasteiger partial charge in [0.05, 0.1) is 5.56 Å². The summed E-state index contributed by atoms with van der Waals surface area (Å²) in [7, 11) is 0. The number of hydrogen-bond donors (Lipinski definition) is 2. The van der Waals surface area contributed by atoms with Gasteiger partial charge in [0, 0.05) is 37.6 Å². The van der Waals surface area contributed by atoms with E-state index in [1.54, 1.807) is 11.1 Å². The molecule has 2 N–H and O–H groups in total. The first-order valence-corrected chi connectivity index (χ1v) is 6.46. The van der Waals surface area contributed by atoms with E-state index in [1.807, 2.05) is 12.1 Å². The lowest BCUT2D eigenvalue weighted by molar-refractivity contribution is 0.0705. The van der Waals surface area contributed by atoms with Crippen molar-refractivity contribution in [3.05, 3.63) is 53.2 Å². The van der Waals surface area contributed by atoms with Gasteiger partial charge in [-0.15, -0.1) is 0 Å². The average Bonchev–Trinajstić information content (AvgIpc) is 2.53. The maximum absolute atomic E-state index is 14.1. The van der Waals surface area contributed by atoms with Crippen LogP contribution in [0, 0.1) is 5.82 Å². The van der Waals surface area contributed by atoms with Gasteiger partial charge in [-0.3, -0.25) is 15.0 Å². The fourth-order valence-corrected chi connectivity index (χ4v) is 2.40. The number of nitrogens with zero attached hydrogens (tertiary/aromatic N) is 3. The normalized spacial score (nSPS) is 13.7. The van der Waals surface area contributed by atoms with E-state index in [0.29, 0.717) is 13.1 Å². The highest BCUT2D eigenvalue weighted by Gasteiger charge is 2.21. The SMILES string of the molecule is O=C(NO)c1cnc(N2CCc3ncccc3C2)c(F)c1. The molecule has 3 rings (SSSR count). The number of anilines is 1. The maximum Gasteiger partial charge on any atom is 0.276 e. The molecular formula is C14H13FN4O2. The van der Waals surface area contributed by atoms with Gasteiger partial charge in [-0.1, -0.05) is 6.07 Å². The molecule has 0 radical (unpaired) electrons. The number of hydroxylamine groups is 1. The number of fused-ring (bicyclic) bond motifs is 1. The zero-order valence-electron chi connectivity index (χ0n) is 11.1. The van der Waals surface area contributed by atoms with Crippen LogP contribution in [-0.2, 0) is 13.0 Å². The van der Waals surface area contributed by atoms with Crippen LogP contribution in [0.3, 0.4) is 0 Å². The van der Waals surface area contributed by atoms with E-state index in [1.165, 1.54) is 11.7 Å². The first kappa shape index (κ1) is 13.4. The van der Waals surface area contributed by atoms with Crippen LogP contribution in [0.2, 0.25) is 0 Å². The third kappa shape index (κ3) is 2.55. The number of hydrogen-bond acceptors (Lipinski definition) is 5. The lowest BCUT2D eigenvalue weighted by atomic mass is 10.1. The first-order valence-electron chi connectivity index (χ1n) is 6.46. The molecule has 108 valence electrons. The molecule has 0 saturated heterocycles. The monoisotopic (exact) mass is 288 g/mol. The van der Waals surface area contributed by atoms with Crippen molar-refractivity contribution in [1.82, 2.24) is 15.4 Å². The second-order valence-corrected chi connectivity index (χ2v) is 4.75. The molecule has 1 amide bonds. The number of nitrogens with one attached hydrogen (secondary N) is 1. The minimum Gasteiger partial charge on any atom is -0.349 e. The molecule has 1 aliphatic heterocycles. The molecule has 3 heterocycles. The van der Waals surface area contributed by atoms with Crippen LogP contribution in [0.5, 0.6) is 0 Å². The third-order valence-corrected chi connectivity index (χ3v) is 3.45. The van der Waals surface area contributed by atoms with Gasteiger partial charge in [0.25, 0.3) is 5.91 Å². The molecule has 2 aromatic heterocycles. The van der Waals surface area contributed by atoms with Gasteiger partial charge in [0.1, 0.15) is 0 Å².